The first kappa shape index (κ1) is 16.0. The minimum Gasteiger partial charge on any atom is -0.330 e. The van der Waals surface area contributed by atoms with Crippen LogP contribution in [0.4, 0.5) is 5.69 Å². The summed E-state index contributed by atoms with van der Waals surface area (Å²) < 4.78 is 0. The Kier molecular flexibility index (Phi) is 5.39. The van der Waals surface area contributed by atoms with Gasteiger partial charge in [-0.1, -0.05) is 38.4 Å². The number of nitrogens with two attached hydrogens (primary N) is 1. The van der Waals surface area contributed by atoms with E-state index in [1.807, 2.05) is 19.1 Å². The van der Waals surface area contributed by atoms with Crippen molar-refractivity contribution in [2.45, 2.75) is 34.1 Å². The molecule has 0 aliphatic rings. The topological polar surface area (TPSA) is 55.1 Å². The molecular weight excluding hydrogens is 260 g/mol. The summed E-state index contributed by atoms with van der Waals surface area (Å²) in [7, 11) is 0. The third-order valence-corrected chi connectivity index (χ3v) is 3.22. The Labute approximate surface area is 120 Å². The minimum absolute atomic E-state index is 0.0649. The van der Waals surface area contributed by atoms with Crippen molar-refractivity contribution in [1.82, 2.24) is 0 Å². The molecule has 1 amide bonds. The first-order chi connectivity index (χ1) is 8.73. The van der Waals surface area contributed by atoms with Crippen LogP contribution < -0.4 is 11.1 Å². The van der Waals surface area contributed by atoms with Crippen LogP contribution >= 0.6 is 11.6 Å². The Balaban J connectivity index is 2.80. The third-order valence-electron chi connectivity index (χ3n) is 2.89. The number of nitrogens with one attached hydrogen (secondary N) is 1. The molecule has 0 aliphatic carbocycles. The zero-order valence-electron chi connectivity index (χ0n) is 12.1. The molecule has 4 heteroatoms. The van der Waals surface area contributed by atoms with Crippen LogP contribution in [-0.4, -0.2) is 12.5 Å². The van der Waals surface area contributed by atoms with Crippen molar-refractivity contribution in [3.05, 3.63) is 28.8 Å². The van der Waals surface area contributed by atoms with E-state index in [2.05, 4.69) is 26.1 Å². The van der Waals surface area contributed by atoms with Crippen LogP contribution in [0.2, 0.25) is 5.02 Å². The van der Waals surface area contributed by atoms with Crippen molar-refractivity contribution >= 4 is 23.2 Å². The van der Waals surface area contributed by atoms with E-state index in [0.29, 0.717) is 17.3 Å². The molecule has 0 fully saturated rings. The van der Waals surface area contributed by atoms with Gasteiger partial charge in [0, 0.05) is 6.54 Å². The number of anilines is 1. The second kappa shape index (κ2) is 6.40. The molecule has 19 heavy (non-hydrogen) atoms. The molecule has 1 unspecified atom stereocenters. The number of rotatable bonds is 4. The Morgan fingerprint density at radius 1 is 1.42 bits per heavy atom. The molecule has 1 aromatic rings. The van der Waals surface area contributed by atoms with Crippen LogP contribution in [0.15, 0.2) is 18.2 Å². The SMILES string of the molecule is Cc1ccc(Cl)c(NC(=O)C(CN)CC(C)(C)C)c1. The van der Waals surface area contributed by atoms with E-state index in [-0.39, 0.29) is 17.2 Å². The molecule has 1 aromatic carbocycles. The number of carbonyl (C=O) groups excluding carboxylic acids is 1. The van der Waals surface area contributed by atoms with Gasteiger partial charge < -0.3 is 11.1 Å². The molecule has 0 heterocycles. The van der Waals surface area contributed by atoms with E-state index < -0.39 is 0 Å². The Morgan fingerprint density at radius 2 is 2.05 bits per heavy atom. The lowest BCUT2D eigenvalue weighted by Gasteiger charge is -2.24. The lowest BCUT2D eigenvalue weighted by atomic mass is 9.84. The highest BCUT2D eigenvalue weighted by Gasteiger charge is 2.24. The number of aryl methyl sites for hydroxylation is 1. The zero-order chi connectivity index (χ0) is 14.6. The van der Waals surface area contributed by atoms with Crippen molar-refractivity contribution in [3.63, 3.8) is 0 Å². The average Bonchev–Trinajstić information content (AvgIpc) is 2.29. The summed E-state index contributed by atoms with van der Waals surface area (Å²) in [6.07, 6.45) is 0.749. The standard InChI is InChI=1S/C15H23ClN2O/c1-10-5-6-12(16)13(7-10)18-14(19)11(9-17)8-15(2,3)4/h5-7,11H,8-9,17H2,1-4H3,(H,18,19). The van der Waals surface area contributed by atoms with E-state index in [9.17, 15) is 4.79 Å². The van der Waals surface area contributed by atoms with Crippen LogP contribution in [-0.2, 0) is 4.79 Å². The maximum atomic E-state index is 12.2. The second-order valence-electron chi connectivity index (χ2n) is 6.17. The summed E-state index contributed by atoms with van der Waals surface area (Å²) >= 11 is 6.08. The molecule has 0 spiro atoms. The number of hydrogen-bond acceptors (Lipinski definition) is 2. The summed E-state index contributed by atoms with van der Waals surface area (Å²) in [5, 5.41) is 3.42. The monoisotopic (exact) mass is 282 g/mol. The smallest absolute Gasteiger partial charge is 0.228 e. The number of carbonyl (C=O) groups is 1. The summed E-state index contributed by atoms with van der Waals surface area (Å²) in [5.74, 6) is -0.262. The summed E-state index contributed by atoms with van der Waals surface area (Å²) in [5.41, 5.74) is 7.48. The molecule has 0 saturated carbocycles. The van der Waals surface area contributed by atoms with Crippen molar-refractivity contribution < 1.29 is 4.79 Å². The molecule has 3 N–H and O–H groups in total. The van der Waals surface area contributed by atoms with Crippen molar-refractivity contribution in [1.29, 1.82) is 0 Å². The number of halogens is 1. The van der Waals surface area contributed by atoms with E-state index in [0.717, 1.165) is 12.0 Å². The van der Waals surface area contributed by atoms with E-state index >= 15 is 0 Å². The van der Waals surface area contributed by atoms with Gasteiger partial charge in [0.15, 0.2) is 0 Å². The maximum absolute atomic E-state index is 12.2. The lowest BCUT2D eigenvalue weighted by molar-refractivity contribution is -0.120. The van der Waals surface area contributed by atoms with Crippen molar-refractivity contribution in [3.8, 4) is 0 Å². The van der Waals surface area contributed by atoms with Gasteiger partial charge in [0.1, 0.15) is 0 Å². The molecule has 106 valence electrons. The summed E-state index contributed by atoms with van der Waals surface area (Å²) in [4.78, 5) is 12.2. The molecule has 3 nitrogen and oxygen atoms in total. The van der Waals surface area contributed by atoms with Crippen LogP contribution in [0.3, 0.4) is 0 Å². The lowest BCUT2D eigenvalue weighted by Crippen LogP contribution is -2.32. The van der Waals surface area contributed by atoms with E-state index in [4.69, 9.17) is 17.3 Å². The molecule has 0 aromatic heterocycles. The van der Waals surface area contributed by atoms with Gasteiger partial charge in [-0.05, 0) is 36.5 Å². The highest BCUT2D eigenvalue weighted by atomic mass is 35.5. The quantitative estimate of drug-likeness (QED) is 0.886. The zero-order valence-corrected chi connectivity index (χ0v) is 12.8. The van der Waals surface area contributed by atoms with Gasteiger partial charge in [0.05, 0.1) is 16.6 Å². The van der Waals surface area contributed by atoms with Gasteiger partial charge in [-0.25, -0.2) is 0 Å². The number of hydrogen-bond donors (Lipinski definition) is 2. The Hall–Kier alpha value is -1.06. The molecule has 0 bridgehead atoms. The Morgan fingerprint density at radius 3 is 2.58 bits per heavy atom. The van der Waals surface area contributed by atoms with E-state index in [1.54, 1.807) is 6.07 Å². The molecular formula is C15H23ClN2O. The highest BCUT2D eigenvalue weighted by molar-refractivity contribution is 6.33. The molecule has 0 saturated heterocycles. The van der Waals surface area contributed by atoms with Crippen LogP contribution in [0.25, 0.3) is 0 Å². The van der Waals surface area contributed by atoms with Gasteiger partial charge in [-0.3, -0.25) is 4.79 Å². The van der Waals surface area contributed by atoms with Crippen molar-refractivity contribution in [2.24, 2.45) is 17.1 Å². The predicted molar refractivity (Wildman–Crippen MR) is 81.4 cm³/mol. The summed E-state index contributed by atoms with van der Waals surface area (Å²) in [6.45, 7) is 8.60. The van der Waals surface area contributed by atoms with Gasteiger partial charge in [-0.15, -0.1) is 0 Å². The number of amides is 1. The molecule has 1 rings (SSSR count). The van der Waals surface area contributed by atoms with E-state index in [1.165, 1.54) is 0 Å². The van der Waals surface area contributed by atoms with Gasteiger partial charge in [-0.2, -0.15) is 0 Å². The van der Waals surface area contributed by atoms with Crippen LogP contribution in [0, 0.1) is 18.3 Å². The largest absolute Gasteiger partial charge is 0.330 e. The van der Waals surface area contributed by atoms with Gasteiger partial charge in [0.25, 0.3) is 0 Å². The molecule has 0 aliphatic heterocycles. The van der Waals surface area contributed by atoms with Gasteiger partial charge in [0.2, 0.25) is 5.91 Å². The van der Waals surface area contributed by atoms with Crippen molar-refractivity contribution in [2.75, 3.05) is 11.9 Å². The molecule has 1 atom stereocenters. The average molecular weight is 283 g/mol. The minimum atomic E-state index is -0.198. The fourth-order valence-corrected chi connectivity index (χ4v) is 2.16. The van der Waals surface area contributed by atoms with Crippen LogP contribution in [0.5, 0.6) is 0 Å². The fourth-order valence-electron chi connectivity index (χ4n) is 1.99. The first-order valence-electron chi connectivity index (χ1n) is 6.50. The normalized spacial score (nSPS) is 13.2. The second-order valence-corrected chi connectivity index (χ2v) is 6.58. The number of benzene rings is 1. The van der Waals surface area contributed by atoms with Crippen LogP contribution in [0.1, 0.15) is 32.8 Å². The van der Waals surface area contributed by atoms with Gasteiger partial charge >= 0.3 is 0 Å². The summed E-state index contributed by atoms with van der Waals surface area (Å²) in [6, 6.07) is 5.56. The molecule has 0 radical (unpaired) electrons. The fraction of sp³-hybridized carbons (Fsp3) is 0.533. The first-order valence-corrected chi connectivity index (χ1v) is 6.88. The Bertz CT molecular complexity index is 452. The third kappa shape index (κ3) is 5.21. The maximum Gasteiger partial charge on any atom is 0.228 e. The predicted octanol–water partition coefficient (Wildman–Crippen LogP) is 3.60. The highest BCUT2D eigenvalue weighted by Crippen LogP contribution is 2.27.